The Morgan fingerprint density at radius 3 is 2.32 bits per heavy atom. The molecule has 6 nitrogen and oxygen atoms in total. The summed E-state index contributed by atoms with van der Waals surface area (Å²) in [5.41, 5.74) is 0. The second-order valence-corrected chi connectivity index (χ2v) is 7.89. The first-order valence-electron chi connectivity index (χ1n) is 5.52. The van der Waals surface area contributed by atoms with E-state index in [1.165, 1.54) is 18.2 Å². The van der Waals surface area contributed by atoms with Crippen molar-refractivity contribution in [2.45, 2.75) is 18.7 Å². The van der Waals surface area contributed by atoms with E-state index in [2.05, 4.69) is 0 Å². The van der Waals surface area contributed by atoms with Crippen LogP contribution >= 0.6 is 6.72 Å². The van der Waals surface area contributed by atoms with E-state index in [1.54, 1.807) is 19.9 Å². The van der Waals surface area contributed by atoms with Crippen molar-refractivity contribution in [3.8, 4) is 5.75 Å². The van der Waals surface area contributed by atoms with Crippen LogP contribution in [0.5, 0.6) is 5.75 Å². The number of sulfonamides is 1. The first-order chi connectivity index (χ1) is 8.80. The van der Waals surface area contributed by atoms with Gasteiger partial charge in [0.2, 0.25) is 10.0 Å². The number of primary sulfonamides is 1. The lowest BCUT2D eigenvalue weighted by molar-refractivity contribution is 0.217. The first-order valence-corrected chi connectivity index (χ1v) is 9.62. The highest BCUT2D eigenvalue weighted by molar-refractivity contribution is 8.07. The molecule has 2 N–H and O–H groups in total. The maximum absolute atomic E-state index is 11.2. The Balaban J connectivity index is 3.01. The Kier molecular flexibility index (Phi) is 5.91. The highest BCUT2D eigenvalue weighted by Crippen LogP contribution is 2.49. The smallest absolute Gasteiger partial charge is 0.380 e. The van der Waals surface area contributed by atoms with Gasteiger partial charge in [0, 0.05) is 17.9 Å². The molecule has 0 radical (unpaired) electrons. The van der Waals surface area contributed by atoms with Gasteiger partial charge in [-0.05, 0) is 26.0 Å². The van der Waals surface area contributed by atoms with Crippen molar-refractivity contribution >= 4 is 28.5 Å². The van der Waals surface area contributed by atoms with E-state index >= 15 is 0 Å². The number of nitrogens with two attached hydrogens (primary N) is 1. The van der Waals surface area contributed by atoms with Gasteiger partial charge in [-0.25, -0.2) is 13.6 Å². The zero-order valence-corrected chi connectivity index (χ0v) is 13.1. The molecule has 0 amide bonds. The van der Waals surface area contributed by atoms with Crippen LogP contribution in [0.15, 0.2) is 29.2 Å². The molecule has 0 aliphatic heterocycles. The number of rotatable bonds is 7. The van der Waals surface area contributed by atoms with E-state index in [0.717, 1.165) is 0 Å². The molecule has 0 bridgehead atoms. The molecule has 0 saturated carbocycles. The average Bonchev–Trinajstić information content (AvgIpc) is 2.28. The molecule has 0 fully saturated rings. The van der Waals surface area contributed by atoms with Crippen LogP contribution in [0.2, 0.25) is 0 Å². The van der Waals surface area contributed by atoms with Gasteiger partial charge in [-0.15, -0.1) is 0 Å². The SMILES string of the molecule is CCOP(=S)(OCC)Oc1cccc(S(N)(=O)=O)c1. The zero-order valence-electron chi connectivity index (χ0n) is 10.6. The predicted molar refractivity (Wildman–Crippen MR) is 76.0 cm³/mol. The fourth-order valence-corrected chi connectivity index (χ4v) is 3.87. The van der Waals surface area contributed by atoms with E-state index in [-0.39, 0.29) is 10.6 Å². The molecule has 0 saturated heterocycles. The number of hydrogen-bond acceptors (Lipinski definition) is 6. The lowest BCUT2D eigenvalue weighted by atomic mass is 10.3. The number of hydrogen-bond donors (Lipinski definition) is 1. The highest BCUT2D eigenvalue weighted by Gasteiger charge is 2.21. The van der Waals surface area contributed by atoms with Crippen LogP contribution in [0.1, 0.15) is 13.8 Å². The topological polar surface area (TPSA) is 87.8 Å². The molecular weight excluding hydrogens is 309 g/mol. The summed E-state index contributed by atoms with van der Waals surface area (Å²) < 4.78 is 38.6. The Hall–Kier alpha value is -0.500. The maximum atomic E-state index is 11.2. The van der Waals surface area contributed by atoms with E-state index in [4.69, 9.17) is 30.5 Å². The molecule has 0 aliphatic carbocycles. The van der Waals surface area contributed by atoms with E-state index in [1.807, 2.05) is 0 Å². The summed E-state index contributed by atoms with van der Waals surface area (Å²) in [4.78, 5) is -0.0560. The minimum Gasteiger partial charge on any atom is -0.424 e. The van der Waals surface area contributed by atoms with Crippen LogP contribution in [-0.4, -0.2) is 21.6 Å². The summed E-state index contributed by atoms with van der Waals surface area (Å²) in [5, 5.41) is 5.04. The van der Waals surface area contributed by atoms with Crippen molar-refractivity contribution in [1.29, 1.82) is 0 Å². The average molecular weight is 325 g/mol. The molecule has 1 aromatic carbocycles. The Morgan fingerprint density at radius 2 is 1.84 bits per heavy atom. The van der Waals surface area contributed by atoms with E-state index < -0.39 is 16.7 Å². The van der Waals surface area contributed by atoms with Gasteiger partial charge in [-0.1, -0.05) is 6.07 Å². The van der Waals surface area contributed by atoms with Crippen LogP contribution in [-0.2, 0) is 30.9 Å². The summed E-state index contributed by atoms with van der Waals surface area (Å²) in [5.74, 6) is 0.247. The number of benzene rings is 1. The van der Waals surface area contributed by atoms with Crippen molar-refractivity contribution in [3.05, 3.63) is 24.3 Å². The van der Waals surface area contributed by atoms with Crippen LogP contribution in [0.4, 0.5) is 0 Å². The van der Waals surface area contributed by atoms with Gasteiger partial charge in [0.15, 0.2) is 0 Å². The summed E-state index contributed by atoms with van der Waals surface area (Å²) in [6, 6.07) is 5.72. The standard InChI is InChI=1S/C10H16NO5PS2/c1-3-14-17(18,15-4-2)16-9-6-5-7-10(8-9)19(11,12)13/h5-8H,3-4H2,1-2H3,(H2,11,12,13). The fourth-order valence-electron chi connectivity index (χ4n) is 1.24. The van der Waals surface area contributed by atoms with Gasteiger partial charge >= 0.3 is 6.72 Å². The lowest BCUT2D eigenvalue weighted by Crippen LogP contribution is -2.12. The molecular formula is C10H16NO5PS2. The third kappa shape index (κ3) is 5.18. The summed E-state index contributed by atoms with van der Waals surface area (Å²) in [6.45, 7) is 1.30. The van der Waals surface area contributed by atoms with Crippen LogP contribution in [0, 0.1) is 0 Å². The van der Waals surface area contributed by atoms with Crippen molar-refractivity contribution in [3.63, 3.8) is 0 Å². The molecule has 0 aromatic heterocycles. The molecule has 1 rings (SSSR count). The van der Waals surface area contributed by atoms with E-state index in [0.29, 0.717) is 13.2 Å². The molecule has 9 heteroatoms. The van der Waals surface area contributed by atoms with Crippen LogP contribution < -0.4 is 9.66 Å². The summed E-state index contributed by atoms with van der Waals surface area (Å²) >= 11 is 5.18. The minimum atomic E-state index is -3.79. The minimum absolute atomic E-state index is 0.0560. The predicted octanol–water partition coefficient (Wildman–Crippen LogP) is 2.01. The zero-order chi connectivity index (χ0) is 14.5. The van der Waals surface area contributed by atoms with Crippen LogP contribution in [0.3, 0.4) is 0 Å². The van der Waals surface area contributed by atoms with Gasteiger partial charge in [0.1, 0.15) is 5.75 Å². The second-order valence-electron chi connectivity index (χ2n) is 3.39. The monoisotopic (exact) mass is 325 g/mol. The first kappa shape index (κ1) is 16.6. The normalized spacial score (nSPS) is 12.4. The van der Waals surface area contributed by atoms with Gasteiger partial charge in [-0.2, -0.15) is 0 Å². The molecule has 0 aliphatic rings. The fraction of sp³-hybridized carbons (Fsp3) is 0.400. The molecule has 0 heterocycles. The van der Waals surface area contributed by atoms with E-state index in [9.17, 15) is 8.42 Å². The summed E-state index contributed by atoms with van der Waals surface area (Å²) in [7, 11) is -3.79. The third-order valence-electron chi connectivity index (χ3n) is 1.93. The third-order valence-corrected chi connectivity index (χ3v) is 5.28. The Labute approximate surface area is 118 Å². The molecule has 108 valence electrons. The summed E-state index contributed by atoms with van der Waals surface area (Å²) in [6.07, 6.45) is 0. The van der Waals surface area contributed by atoms with Gasteiger partial charge in [0.05, 0.1) is 18.1 Å². The molecule has 0 unspecified atom stereocenters. The maximum Gasteiger partial charge on any atom is 0.380 e. The van der Waals surface area contributed by atoms with Crippen molar-refractivity contribution in [2.24, 2.45) is 5.14 Å². The molecule has 1 aromatic rings. The molecule has 19 heavy (non-hydrogen) atoms. The molecule has 0 spiro atoms. The largest absolute Gasteiger partial charge is 0.424 e. The molecule has 0 atom stereocenters. The van der Waals surface area contributed by atoms with Crippen molar-refractivity contribution < 1.29 is 22.0 Å². The van der Waals surface area contributed by atoms with Gasteiger partial charge in [-0.3, -0.25) is 9.05 Å². The van der Waals surface area contributed by atoms with Crippen molar-refractivity contribution in [1.82, 2.24) is 0 Å². The van der Waals surface area contributed by atoms with Crippen LogP contribution in [0.25, 0.3) is 0 Å². The van der Waals surface area contributed by atoms with Gasteiger partial charge in [0.25, 0.3) is 0 Å². The van der Waals surface area contributed by atoms with Gasteiger partial charge < -0.3 is 4.52 Å². The second kappa shape index (κ2) is 6.78. The highest BCUT2D eigenvalue weighted by atomic mass is 32.5. The Bertz CT molecular complexity index is 565. The Morgan fingerprint density at radius 1 is 1.26 bits per heavy atom. The quantitative estimate of drug-likeness (QED) is 0.772. The van der Waals surface area contributed by atoms with Crippen molar-refractivity contribution in [2.75, 3.05) is 13.2 Å². The lowest BCUT2D eigenvalue weighted by Gasteiger charge is -2.21.